The number of aliphatic imine (C=N–C) groups is 2. The summed E-state index contributed by atoms with van der Waals surface area (Å²) >= 11 is 0. The average molecular weight is 473 g/mol. The first-order valence-corrected chi connectivity index (χ1v) is 9.81. The van der Waals surface area contributed by atoms with Crippen molar-refractivity contribution >= 4 is 23.6 Å². The van der Waals surface area contributed by atoms with Gasteiger partial charge in [-0.25, -0.2) is 0 Å². The summed E-state index contributed by atoms with van der Waals surface area (Å²) in [4.78, 5) is 33.0. The number of rotatable bonds is 4. The molecule has 0 heterocycles. The molecule has 0 radical (unpaired) electrons. The molecule has 0 aromatic heterocycles. The predicted molar refractivity (Wildman–Crippen MR) is 114 cm³/mol. The van der Waals surface area contributed by atoms with Crippen molar-refractivity contribution in [2.75, 3.05) is 14.1 Å². The molecule has 2 rings (SSSR count). The topological polar surface area (TPSA) is 111 Å². The van der Waals surface area contributed by atoms with Crippen LogP contribution in [0.3, 0.4) is 0 Å². The van der Waals surface area contributed by atoms with Gasteiger partial charge in [0.05, 0.1) is 0 Å². The summed E-state index contributed by atoms with van der Waals surface area (Å²) in [6.45, 7) is 7.33. The zero-order valence-electron chi connectivity index (χ0n) is 18.8. The average Bonchev–Trinajstić information content (AvgIpc) is 3.36. The van der Waals surface area contributed by atoms with Gasteiger partial charge in [0.15, 0.2) is 11.7 Å². The molecule has 0 atom stereocenters. The Kier molecular flexibility index (Phi) is 12.4. The molecule has 0 unspecified atom stereocenters. The maximum atomic E-state index is 10.9. The number of hydrogen-bond acceptors (Lipinski definition) is 6. The van der Waals surface area contributed by atoms with Gasteiger partial charge in [0.2, 0.25) is 0 Å². The second-order valence-electron chi connectivity index (χ2n) is 7.37. The standard InChI is InChI=1S/2C11H16N2O2.Ni/c2*1-8(2)12-10(11(14)15)13(3)9-6-4-5-7-9;/h2*4-6,8H,7H2,1-3H3,(H,14,15);/q;;+2/p-2. The molecule has 2 aliphatic rings. The van der Waals surface area contributed by atoms with Crippen molar-refractivity contribution in [3.05, 3.63) is 47.9 Å². The van der Waals surface area contributed by atoms with Crippen molar-refractivity contribution in [1.29, 1.82) is 0 Å². The first-order valence-electron chi connectivity index (χ1n) is 9.81. The van der Waals surface area contributed by atoms with Crippen LogP contribution in [-0.4, -0.2) is 59.6 Å². The summed E-state index contributed by atoms with van der Waals surface area (Å²) < 4.78 is 0. The van der Waals surface area contributed by atoms with E-state index in [1.54, 1.807) is 23.9 Å². The Hall–Kier alpha value is -2.67. The molecule has 0 N–H and O–H groups in total. The molecule has 0 aliphatic heterocycles. The number of likely N-dealkylation sites (N-methyl/N-ethyl adjacent to an activating group) is 2. The fraction of sp³-hybridized carbons (Fsp3) is 0.455. The quantitative estimate of drug-likeness (QED) is 0.337. The molecule has 31 heavy (non-hydrogen) atoms. The molecule has 0 fully saturated rings. The van der Waals surface area contributed by atoms with E-state index in [1.807, 2.05) is 64.2 Å². The third-order valence-electron chi connectivity index (χ3n) is 4.13. The smallest absolute Gasteiger partial charge is 0.542 e. The van der Waals surface area contributed by atoms with Gasteiger partial charge >= 0.3 is 16.5 Å². The van der Waals surface area contributed by atoms with E-state index in [1.165, 1.54) is 0 Å². The molecule has 0 saturated heterocycles. The van der Waals surface area contributed by atoms with Crippen LogP contribution >= 0.6 is 0 Å². The summed E-state index contributed by atoms with van der Waals surface area (Å²) in [5.41, 5.74) is 1.83. The number of carboxylic acid groups (broad SMARTS) is 2. The van der Waals surface area contributed by atoms with E-state index in [0.717, 1.165) is 24.2 Å². The first kappa shape index (κ1) is 28.3. The van der Waals surface area contributed by atoms with Gasteiger partial charge in [-0.15, -0.1) is 0 Å². The molecule has 0 aromatic rings. The van der Waals surface area contributed by atoms with E-state index in [0.29, 0.717) is 0 Å². The molecule has 0 aromatic carbocycles. The van der Waals surface area contributed by atoms with Crippen LogP contribution in [-0.2, 0) is 26.1 Å². The minimum absolute atomic E-state index is 0. The fourth-order valence-corrected chi connectivity index (χ4v) is 2.68. The summed E-state index contributed by atoms with van der Waals surface area (Å²) in [6.07, 6.45) is 12.9. The zero-order valence-corrected chi connectivity index (χ0v) is 19.8. The molecule has 2 aliphatic carbocycles. The van der Waals surface area contributed by atoms with Gasteiger partial charge in [-0.3, -0.25) is 9.98 Å². The number of allylic oxidation sites excluding steroid dienone is 6. The molecular formula is C22H30N4NiO4. The Bertz CT molecular complexity index is 755. The van der Waals surface area contributed by atoms with Crippen LogP contribution in [0.1, 0.15) is 40.5 Å². The normalized spacial score (nSPS) is 15.2. The van der Waals surface area contributed by atoms with Gasteiger partial charge in [0, 0.05) is 50.4 Å². The summed E-state index contributed by atoms with van der Waals surface area (Å²) in [7, 11) is 3.38. The predicted octanol–water partition coefficient (Wildman–Crippen LogP) is 0.635. The van der Waals surface area contributed by atoms with E-state index in [4.69, 9.17) is 0 Å². The van der Waals surface area contributed by atoms with Crippen molar-refractivity contribution in [3.8, 4) is 0 Å². The van der Waals surface area contributed by atoms with E-state index in [2.05, 4.69) is 9.98 Å². The van der Waals surface area contributed by atoms with Crippen molar-refractivity contribution in [2.45, 2.75) is 52.6 Å². The monoisotopic (exact) mass is 472 g/mol. The molecule has 8 nitrogen and oxygen atoms in total. The number of carbonyl (C=O) groups is 2. The zero-order chi connectivity index (χ0) is 22.8. The van der Waals surface area contributed by atoms with Crippen molar-refractivity contribution in [1.82, 2.24) is 9.80 Å². The molecular weight excluding hydrogens is 443 g/mol. The van der Waals surface area contributed by atoms with Crippen LogP contribution in [0.2, 0.25) is 0 Å². The fourth-order valence-electron chi connectivity index (χ4n) is 2.68. The van der Waals surface area contributed by atoms with Gasteiger partial charge in [0.1, 0.15) is 11.9 Å². The maximum Gasteiger partial charge on any atom is 2.00 e. The van der Waals surface area contributed by atoms with Gasteiger partial charge in [0.25, 0.3) is 0 Å². The van der Waals surface area contributed by atoms with Crippen LogP contribution in [0.25, 0.3) is 0 Å². The Balaban J connectivity index is 0.000000562. The number of carbonyl (C=O) groups excluding carboxylic acids is 2. The van der Waals surface area contributed by atoms with Crippen molar-refractivity contribution in [3.63, 3.8) is 0 Å². The van der Waals surface area contributed by atoms with Crippen LogP contribution < -0.4 is 10.2 Å². The van der Waals surface area contributed by atoms with E-state index < -0.39 is 11.9 Å². The number of amidine groups is 2. The molecule has 0 amide bonds. The third-order valence-corrected chi connectivity index (χ3v) is 4.13. The SMILES string of the molecule is CC(C)N=C(C(=O)[O-])N(C)C1=CC=CC1.CC(C)N=C(C(=O)[O-])N(C)C1=CC=CC1.[Ni+2]. The molecule has 9 heteroatoms. The molecule has 0 saturated carbocycles. The Morgan fingerprint density at radius 3 is 1.32 bits per heavy atom. The molecule has 172 valence electrons. The number of hydrogen-bond donors (Lipinski definition) is 0. The van der Waals surface area contributed by atoms with Crippen LogP contribution in [0.5, 0.6) is 0 Å². The molecule has 0 spiro atoms. The number of carboxylic acids is 2. The Morgan fingerprint density at radius 2 is 1.13 bits per heavy atom. The second kappa shape index (κ2) is 13.6. The van der Waals surface area contributed by atoms with Crippen LogP contribution in [0, 0.1) is 0 Å². The Morgan fingerprint density at radius 1 is 0.806 bits per heavy atom. The van der Waals surface area contributed by atoms with Crippen molar-refractivity contribution in [2.24, 2.45) is 9.98 Å². The van der Waals surface area contributed by atoms with E-state index in [-0.39, 0.29) is 40.2 Å². The van der Waals surface area contributed by atoms with E-state index >= 15 is 0 Å². The largest absolute Gasteiger partial charge is 2.00 e. The number of nitrogens with zero attached hydrogens (tertiary/aromatic N) is 4. The van der Waals surface area contributed by atoms with Crippen molar-refractivity contribution < 1.29 is 36.3 Å². The Labute approximate surface area is 194 Å². The van der Waals surface area contributed by atoms with Gasteiger partial charge < -0.3 is 29.6 Å². The minimum Gasteiger partial charge on any atom is -0.542 e. The second-order valence-corrected chi connectivity index (χ2v) is 7.37. The van der Waals surface area contributed by atoms with Gasteiger partial charge in [-0.1, -0.05) is 24.3 Å². The van der Waals surface area contributed by atoms with E-state index in [9.17, 15) is 19.8 Å². The van der Waals surface area contributed by atoms with Gasteiger partial charge in [-0.05, 0) is 39.8 Å². The minimum atomic E-state index is -1.24. The summed E-state index contributed by atoms with van der Waals surface area (Å²) in [5.74, 6) is -2.50. The maximum absolute atomic E-state index is 10.9. The van der Waals surface area contributed by atoms with Gasteiger partial charge in [-0.2, -0.15) is 0 Å². The first-order chi connectivity index (χ1) is 14.0. The third kappa shape index (κ3) is 9.34. The number of aliphatic carboxylic acids is 2. The van der Waals surface area contributed by atoms with Crippen LogP contribution in [0.4, 0.5) is 0 Å². The van der Waals surface area contributed by atoms with Crippen LogP contribution in [0.15, 0.2) is 57.8 Å². The summed E-state index contributed by atoms with van der Waals surface area (Å²) in [5, 5.41) is 21.8. The molecule has 0 bridgehead atoms. The summed E-state index contributed by atoms with van der Waals surface area (Å²) in [6, 6.07) is -0.120.